The highest BCUT2D eigenvalue weighted by Gasteiger charge is 2.32. The van der Waals surface area contributed by atoms with Gasteiger partial charge in [-0.25, -0.2) is 0 Å². The molecule has 0 aliphatic carbocycles. The van der Waals surface area contributed by atoms with Crippen molar-refractivity contribution in [3.05, 3.63) is 60.2 Å². The first-order valence-electron chi connectivity index (χ1n) is 8.47. The SMILES string of the molecule is NC(=NCCCOCCc1ccccc1)Nc1ccccc1OC(F)(F)F. The number of para-hydroxylation sites is 2. The molecule has 2 rings (SSSR count). The number of nitrogens with zero attached hydrogens (tertiary/aromatic N) is 1. The van der Waals surface area contributed by atoms with Crippen LogP contribution in [0.25, 0.3) is 0 Å². The first kappa shape index (κ1) is 20.6. The number of guanidine groups is 1. The predicted octanol–water partition coefficient (Wildman–Crippen LogP) is 3.96. The maximum absolute atomic E-state index is 12.4. The molecule has 0 aliphatic heterocycles. The summed E-state index contributed by atoms with van der Waals surface area (Å²) in [5, 5.41) is 2.62. The Labute approximate surface area is 156 Å². The van der Waals surface area contributed by atoms with Crippen LogP contribution in [0.15, 0.2) is 59.6 Å². The molecule has 0 spiro atoms. The Morgan fingerprint density at radius 1 is 1.00 bits per heavy atom. The van der Waals surface area contributed by atoms with Gasteiger partial charge < -0.3 is 20.5 Å². The summed E-state index contributed by atoms with van der Waals surface area (Å²) >= 11 is 0. The Bertz CT molecular complexity index is 722. The molecule has 146 valence electrons. The fourth-order valence-electron chi connectivity index (χ4n) is 2.26. The van der Waals surface area contributed by atoms with Gasteiger partial charge in [0.25, 0.3) is 0 Å². The number of ether oxygens (including phenoxy) is 2. The van der Waals surface area contributed by atoms with Crippen LogP contribution >= 0.6 is 0 Å². The van der Waals surface area contributed by atoms with E-state index in [-0.39, 0.29) is 17.4 Å². The number of halogens is 3. The Balaban J connectivity index is 1.69. The van der Waals surface area contributed by atoms with Crippen molar-refractivity contribution >= 4 is 11.6 Å². The van der Waals surface area contributed by atoms with E-state index in [1.807, 2.05) is 30.3 Å². The largest absolute Gasteiger partial charge is 0.573 e. The van der Waals surface area contributed by atoms with Gasteiger partial charge in [0, 0.05) is 13.2 Å². The van der Waals surface area contributed by atoms with E-state index in [0.29, 0.717) is 26.2 Å². The average molecular weight is 381 g/mol. The quantitative estimate of drug-likeness (QED) is 0.392. The van der Waals surface area contributed by atoms with Gasteiger partial charge in [0.05, 0.1) is 12.3 Å². The molecule has 5 nitrogen and oxygen atoms in total. The zero-order valence-corrected chi connectivity index (χ0v) is 14.7. The molecule has 0 radical (unpaired) electrons. The van der Waals surface area contributed by atoms with Crippen molar-refractivity contribution in [1.82, 2.24) is 0 Å². The van der Waals surface area contributed by atoms with E-state index in [1.165, 1.54) is 23.8 Å². The third-order valence-corrected chi connectivity index (χ3v) is 3.48. The number of hydrogen-bond donors (Lipinski definition) is 2. The molecule has 0 aromatic heterocycles. The van der Waals surface area contributed by atoms with Crippen molar-refractivity contribution in [2.24, 2.45) is 10.7 Å². The minimum absolute atomic E-state index is 0.0116. The number of aliphatic imine (C=N–C) groups is 1. The second-order valence-electron chi connectivity index (χ2n) is 5.64. The zero-order chi connectivity index (χ0) is 19.5. The minimum Gasteiger partial charge on any atom is -0.404 e. The molecule has 2 aromatic carbocycles. The van der Waals surface area contributed by atoms with Crippen molar-refractivity contribution in [2.45, 2.75) is 19.2 Å². The lowest BCUT2D eigenvalue weighted by Crippen LogP contribution is -2.24. The first-order chi connectivity index (χ1) is 12.9. The van der Waals surface area contributed by atoms with Crippen LogP contribution in [-0.4, -0.2) is 32.1 Å². The lowest BCUT2D eigenvalue weighted by molar-refractivity contribution is -0.274. The van der Waals surface area contributed by atoms with E-state index in [1.54, 1.807) is 6.07 Å². The predicted molar refractivity (Wildman–Crippen MR) is 98.8 cm³/mol. The normalized spacial score (nSPS) is 12.0. The van der Waals surface area contributed by atoms with E-state index in [9.17, 15) is 13.2 Å². The fourth-order valence-corrected chi connectivity index (χ4v) is 2.26. The van der Waals surface area contributed by atoms with Gasteiger partial charge in [0.15, 0.2) is 11.7 Å². The van der Waals surface area contributed by atoms with Crippen molar-refractivity contribution in [3.63, 3.8) is 0 Å². The highest BCUT2D eigenvalue weighted by Crippen LogP contribution is 2.29. The van der Waals surface area contributed by atoms with Crippen LogP contribution in [0.4, 0.5) is 18.9 Å². The molecular weight excluding hydrogens is 359 g/mol. The summed E-state index contributed by atoms with van der Waals surface area (Å²) in [6.45, 7) is 1.54. The molecule has 0 heterocycles. The molecule has 0 saturated carbocycles. The van der Waals surface area contributed by atoms with Gasteiger partial charge >= 0.3 is 6.36 Å². The fraction of sp³-hybridized carbons (Fsp3) is 0.316. The highest BCUT2D eigenvalue weighted by molar-refractivity contribution is 5.93. The molecular formula is C19H22F3N3O2. The van der Waals surface area contributed by atoms with Gasteiger partial charge in [0.1, 0.15) is 0 Å². The van der Waals surface area contributed by atoms with E-state index in [4.69, 9.17) is 10.5 Å². The molecule has 0 fully saturated rings. The lowest BCUT2D eigenvalue weighted by atomic mass is 10.2. The second-order valence-corrected chi connectivity index (χ2v) is 5.64. The molecule has 0 unspecified atom stereocenters. The summed E-state index contributed by atoms with van der Waals surface area (Å²) in [4.78, 5) is 4.08. The van der Waals surface area contributed by atoms with E-state index < -0.39 is 6.36 Å². The molecule has 0 amide bonds. The molecule has 2 aromatic rings. The summed E-state index contributed by atoms with van der Waals surface area (Å²) in [6, 6.07) is 15.6. The van der Waals surface area contributed by atoms with E-state index in [2.05, 4.69) is 15.0 Å². The van der Waals surface area contributed by atoms with Crippen LogP contribution in [0, 0.1) is 0 Å². The van der Waals surface area contributed by atoms with E-state index in [0.717, 1.165) is 6.42 Å². The van der Waals surface area contributed by atoms with Crippen LogP contribution < -0.4 is 15.8 Å². The maximum Gasteiger partial charge on any atom is 0.573 e. The van der Waals surface area contributed by atoms with Crippen molar-refractivity contribution < 1.29 is 22.6 Å². The summed E-state index contributed by atoms with van der Waals surface area (Å²) in [5.41, 5.74) is 7.02. The number of benzene rings is 2. The Morgan fingerprint density at radius 3 is 2.44 bits per heavy atom. The lowest BCUT2D eigenvalue weighted by Gasteiger charge is -2.14. The molecule has 0 atom stereocenters. The van der Waals surface area contributed by atoms with Crippen molar-refractivity contribution in [3.8, 4) is 5.75 Å². The number of nitrogens with one attached hydrogen (secondary N) is 1. The Kier molecular flexibility index (Phi) is 7.94. The zero-order valence-electron chi connectivity index (χ0n) is 14.7. The first-order valence-corrected chi connectivity index (χ1v) is 8.47. The topological polar surface area (TPSA) is 68.9 Å². The number of hydrogen-bond acceptors (Lipinski definition) is 3. The highest BCUT2D eigenvalue weighted by atomic mass is 19.4. The molecule has 0 saturated heterocycles. The van der Waals surface area contributed by atoms with Crippen LogP contribution in [0.3, 0.4) is 0 Å². The summed E-state index contributed by atoms with van der Waals surface area (Å²) < 4.78 is 46.7. The van der Waals surface area contributed by atoms with Crippen LogP contribution in [0.1, 0.15) is 12.0 Å². The molecule has 0 bridgehead atoms. The number of nitrogens with two attached hydrogens (primary N) is 1. The van der Waals surface area contributed by atoms with E-state index >= 15 is 0 Å². The molecule has 27 heavy (non-hydrogen) atoms. The van der Waals surface area contributed by atoms with Gasteiger partial charge in [-0.2, -0.15) is 0 Å². The van der Waals surface area contributed by atoms with Crippen LogP contribution in [-0.2, 0) is 11.2 Å². The van der Waals surface area contributed by atoms with Crippen molar-refractivity contribution in [2.75, 3.05) is 25.1 Å². The number of anilines is 1. The Hall–Kier alpha value is -2.74. The smallest absolute Gasteiger partial charge is 0.404 e. The third kappa shape index (κ3) is 8.46. The summed E-state index contributed by atoms with van der Waals surface area (Å²) in [6.07, 6.45) is -3.29. The van der Waals surface area contributed by atoms with Gasteiger partial charge in [-0.1, -0.05) is 42.5 Å². The second kappa shape index (κ2) is 10.4. The number of rotatable bonds is 9. The Morgan fingerprint density at radius 2 is 1.70 bits per heavy atom. The summed E-state index contributed by atoms with van der Waals surface area (Å²) in [7, 11) is 0. The van der Waals surface area contributed by atoms with Crippen LogP contribution in [0.2, 0.25) is 0 Å². The van der Waals surface area contributed by atoms with Gasteiger partial charge in [-0.15, -0.1) is 13.2 Å². The summed E-state index contributed by atoms with van der Waals surface area (Å²) in [5.74, 6) is -0.357. The van der Waals surface area contributed by atoms with Gasteiger partial charge in [-0.3, -0.25) is 4.99 Å². The standard InChI is InChI=1S/C19H22F3N3O2/c20-19(21,22)27-17-10-5-4-9-16(17)25-18(23)24-12-6-13-26-14-11-15-7-2-1-3-8-15/h1-5,7-10H,6,11-14H2,(H3,23,24,25). The van der Waals surface area contributed by atoms with Gasteiger partial charge in [0.2, 0.25) is 0 Å². The maximum atomic E-state index is 12.4. The molecule has 8 heteroatoms. The third-order valence-electron chi connectivity index (χ3n) is 3.48. The van der Waals surface area contributed by atoms with Crippen molar-refractivity contribution in [1.29, 1.82) is 0 Å². The molecule has 0 aliphatic rings. The molecule has 3 N–H and O–H groups in total. The monoisotopic (exact) mass is 381 g/mol. The van der Waals surface area contributed by atoms with Gasteiger partial charge in [-0.05, 0) is 30.5 Å². The van der Waals surface area contributed by atoms with Crippen LogP contribution in [0.5, 0.6) is 5.75 Å². The average Bonchev–Trinajstić information content (AvgIpc) is 2.62. The minimum atomic E-state index is -4.78. The number of alkyl halides is 3.